The topological polar surface area (TPSA) is 70.7 Å². The van der Waals surface area contributed by atoms with Gasteiger partial charge in [-0.15, -0.1) is 0 Å². The summed E-state index contributed by atoms with van der Waals surface area (Å²) in [4.78, 5) is 17.4. The molecule has 1 amide bonds. The summed E-state index contributed by atoms with van der Waals surface area (Å²) in [7, 11) is 1.68. The molecular weight excluding hydrogens is 344 g/mol. The number of aromatic amines is 1. The highest BCUT2D eigenvalue weighted by Crippen LogP contribution is 2.31. The molecule has 0 saturated carbocycles. The van der Waals surface area contributed by atoms with Gasteiger partial charge in [0.05, 0.1) is 25.9 Å². The van der Waals surface area contributed by atoms with E-state index in [0.717, 1.165) is 35.7 Å². The van der Waals surface area contributed by atoms with Crippen molar-refractivity contribution in [3.8, 4) is 5.75 Å². The van der Waals surface area contributed by atoms with Gasteiger partial charge in [-0.3, -0.25) is 9.89 Å². The van der Waals surface area contributed by atoms with Gasteiger partial charge < -0.3 is 19.3 Å². The highest BCUT2D eigenvalue weighted by Gasteiger charge is 2.37. The van der Waals surface area contributed by atoms with E-state index in [0.29, 0.717) is 32.0 Å². The van der Waals surface area contributed by atoms with E-state index in [4.69, 9.17) is 9.47 Å². The SMILES string of the molecule is COc1cccc(N2CCN(C(=O)c3n[nH]c4c3COCC4)CC2(C)C)c1. The van der Waals surface area contributed by atoms with Gasteiger partial charge in [-0.25, -0.2) is 0 Å². The number of methoxy groups -OCH3 is 1. The molecule has 1 fully saturated rings. The Morgan fingerprint density at radius 2 is 2.19 bits per heavy atom. The Morgan fingerprint density at radius 3 is 2.96 bits per heavy atom. The minimum absolute atomic E-state index is 0.0173. The molecule has 3 heterocycles. The summed E-state index contributed by atoms with van der Waals surface area (Å²) in [6.07, 6.45) is 0.782. The van der Waals surface area contributed by atoms with Gasteiger partial charge in [-0.05, 0) is 26.0 Å². The molecule has 1 aromatic carbocycles. The highest BCUT2D eigenvalue weighted by atomic mass is 16.5. The Morgan fingerprint density at radius 1 is 1.33 bits per heavy atom. The molecule has 2 aliphatic rings. The molecule has 0 radical (unpaired) electrons. The van der Waals surface area contributed by atoms with E-state index in [9.17, 15) is 4.79 Å². The summed E-state index contributed by atoms with van der Waals surface area (Å²) < 4.78 is 10.9. The molecule has 2 aromatic rings. The molecule has 1 saturated heterocycles. The number of hydrogen-bond donors (Lipinski definition) is 1. The molecule has 0 atom stereocenters. The van der Waals surface area contributed by atoms with Crippen LogP contribution in [0.15, 0.2) is 24.3 Å². The van der Waals surface area contributed by atoms with Crippen LogP contribution >= 0.6 is 0 Å². The third kappa shape index (κ3) is 3.27. The molecule has 0 aliphatic carbocycles. The van der Waals surface area contributed by atoms with Crippen LogP contribution in [-0.4, -0.2) is 59.9 Å². The Labute approximate surface area is 159 Å². The molecule has 1 N–H and O–H groups in total. The summed E-state index contributed by atoms with van der Waals surface area (Å²) in [5.74, 6) is 0.821. The quantitative estimate of drug-likeness (QED) is 0.897. The number of amides is 1. The number of fused-ring (bicyclic) bond motifs is 1. The fourth-order valence-corrected chi connectivity index (χ4v) is 4.02. The second kappa shape index (κ2) is 6.88. The lowest BCUT2D eigenvalue weighted by Crippen LogP contribution is -2.60. The van der Waals surface area contributed by atoms with Crippen LogP contribution in [0.3, 0.4) is 0 Å². The van der Waals surface area contributed by atoms with E-state index >= 15 is 0 Å². The van der Waals surface area contributed by atoms with E-state index in [-0.39, 0.29) is 11.4 Å². The van der Waals surface area contributed by atoms with Crippen LogP contribution in [0, 0.1) is 0 Å². The number of carbonyl (C=O) groups is 1. The van der Waals surface area contributed by atoms with Crippen LogP contribution < -0.4 is 9.64 Å². The van der Waals surface area contributed by atoms with Crippen molar-refractivity contribution in [2.75, 3.05) is 38.3 Å². The zero-order valence-corrected chi connectivity index (χ0v) is 16.1. The predicted octanol–water partition coefficient (Wildman–Crippen LogP) is 2.23. The number of carbonyl (C=O) groups excluding carboxylic acids is 1. The maximum atomic E-state index is 13.1. The summed E-state index contributed by atoms with van der Waals surface area (Å²) in [5, 5.41) is 7.31. The number of ether oxygens (including phenoxy) is 2. The third-order valence-electron chi connectivity index (χ3n) is 5.45. The number of rotatable bonds is 3. The average Bonchev–Trinajstić information content (AvgIpc) is 3.10. The van der Waals surface area contributed by atoms with Crippen molar-refractivity contribution in [1.29, 1.82) is 0 Å². The number of hydrogen-bond acceptors (Lipinski definition) is 5. The van der Waals surface area contributed by atoms with Gasteiger partial charge in [0.25, 0.3) is 5.91 Å². The van der Waals surface area contributed by atoms with E-state index in [1.54, 1.807) is 7.11 Å². The first-order valence-electron chi connectivity index (χ1n) is 9.34. The maximum absolute atomic E-state index is 13.1. The zero-order chi connectivity index (χ0) is 19.0. The Balaban J connectivity index is 1.53. The summed E-state index contributed by atoms with van der Waals surface area (Å²) in [5.41, 5.74) is 3.36. The van der Waals surface area contributed by atoms with Crippen molar-refractivity contribution in [2.45, 2.75) is 32.4 Å². The van der Waals surface area contributed by atoms with Crippen molar-refractivity contribution in [2.24, 2.45) is 0 Å². The number of nitrogens with zero attached hydrogens (tertiary/aromatic N) is 3. The van der Waals surface area contributed by atoms with Gasteiger partial charge in [0.15, 0.2) is 5.69 Å². The summed E-state index contributed by atoms with van der Waals surface area (Å²) in [6.45, 7) is 7.50. The summed E-state index contributed by atoms with van der Waals surface area (Å²) >= 11 is 0. The predicted molar refractivity (Wildman–Crippen MR) is 102 cm³/mol. The van der Waals surface area contributed by atoms with Crippen molar-refractivity contribution in [3.63, 3.8) is 0 Å². The standard InChI is InChI=1S/C20H26N4O3/c1-20(2)13-23(8-9-24(20)14-5-4-6-15(11-14)26-3)19(25)18-16-12-27-10-7-17(16)21-22-18/h4-6,11H,7-10,12-13H2,1-3H3,(H,21,22). The number of benzene rings is 1. The molecule has 0 unspecified atom stereocenters. The fourth-order valence-electron chi connectivity index (χ4n) is 4.02. The van der Waals surface area contributed by atoms with Gasteiger partial charge in [0.1, 0.15) is 5.75 Å². The van der Waals surface area contributed by atoms with Crippen molar-refractivity contribution >= 4 is 11.6 Å². The molecule has 0 spiro atoms. The van der Waals surface area contributed by atoms with E-state index in [1.807, 2.05) is 23.1 Å². The first-order valence-corrected chi connectivity index (χ1v) is 9.34. The minimum Gasteiger partial charge on any atom is -0.497 e. The number of anilines is 1. The smallest absolute Gasteiger partial charge is 0.274 e. The average molecular weight is 370 g/mol. The van der Waals surface area contributed by atoms with Crippen LogP contribution in [0.1, 0.15) is 35.6 Å². The molecule has 4 rings (SSSR count). The molecular formula is C20H26N4O3. The minimum atomic E-state index is -0.201. The second-order valence-electron chi connectivity index (χ2n) is 7.72. The molecule has 1 aromatic heterocycles. The molecule has 2 aliphatic heterocycles. The van der Waals surface area contributed by atoms with Gasteiger partial charge >= 0.3 is 0 Å². The first-order chi connectivity index (χ1) is 13.0. The maximum Gasteiger partial charge on any atom is 0.274 e. The van der Waals surface area contributed by atoms with Crippen molar-refractivity contribution in [3.05, 3.63) is 41.2 Å². The molecule has 7 nitrogen and oxygen atoms in total. The van der Waals surface area contributed by atoms with Crippen LogP contribution in [0.2, 0.25) is 0 Å². The largest absolute Gasteiger partial charge is 0.497 e. The monoisotopic (exact) mass is 370 g/mol. The lowest BCUT2D eigenvalue weighted by molar-refractivity contribution is 0.0668. The molecule has 7 heteroatoms. The first kappa shape index (κ1) is 17.9. The van der Waals surface area contributed by atoms with Gasteiger partial charge in [-0.2, -0.15) is 5.10 Å². The normalized spacial score (nSPS) is 18.9. The molecule has 0 bridgehead atoms. The fraction of sp³-hybridized carbons (Fsp3) is 0.500. The number of nitrogens with one attached hydrogen (secondary N) is 1. The number of H-pyrrole nitrogens is 1. The van der Waals surface area contributed by atoms with Crippen LogP contribution in [-0.2, 0) is 17.8 Å². The zero-order valence-electron chi connectivity index (χ0n) is 16.1. The van der Waals surface area contributed by atoms with Crippen molar-refractivity contribution < 1.29 is 14.3 Å². The van der Waals surface area contributed by atoms with Crippen molar-refractivity contribution in [1.82, 2.24) is 15.1 Å². The van der Waals surface area contributed by atoms with Crippen LogP contribution in [0.5, 0.6) is 5.75 Å². The third-order valence-corrected chi connectivity index (χ3v) is 5.45. The lowest BCUT2D eigenvalue weighted by atomic mass is 9.97. The number of piperazine rings is 1. The van der Waals surface area contributed by atoms with Gasteiger partial charge in [-0.1, -0.05) is 6.07 Å². The lowest BCUT2D eigenvalue weighted by Gasteiger charge is -2.48. The van der Waals surface area contributed by atoms with E-state index < -0.39 is 0 Å². The highest BCUT2D eigenvalue weighted by molar-refractivity contribution is 5.94. The summed E-state index contributed by atoms with van der Waals surface area (Å²) in [6, 6.07) is 8.07. The second-order valence-corrected chi connectivity index (χ2v) is 7.72. The number of aromatic nitrogens is 2. The Kier molecular flexibility index (Phi) is 4.55. The van der Waals surface area contributed by atoms with Gasteiger partial charge in [0, 0.05) is 49.1 Å². The Bertz CT molecular complexity index is 846. The van der Waals surface area contributed by atoms with E-state index in [1.165, 1.54) is 0 Å². The van der Waals surface area contributed by atoms with Gasteiger partial charge in [0.2, 0.25) is 0 Å². The molecule has 27 heavy (non-hydrogen) atoms. The molecule has 144 valence electrons. The van der Waals surface area contributed by atoms with Crippen LogP contribution in [0.25, 0.3) is 0 Å². The van der Waals surface area contributed by atoms with E-state index in [2.05, 4.69) is 35.0 Å². The Hall–Kier alpha value is -2.54. The van der Waals surface area contributed by atoms with Crippen LogP contribution in [0.4, 0.5) is 5.69 Å².